The second kappa shape index (κ2) is 6.29. The van der Waals surface area contributed by atoms with Crippen LogP contribution in [0.2, 0.25) is 0 Å². The van der Waals surface area contributed by atoms with E-state index >= 15 is 0 Å². The van der Waals surface area contributed by atoms with E-state index in [1.165, 1.54) is 16.7 Å². The Hall–Kier alpha value is -1.84. The van der Waals surface area contributed by atoms with Crippen molar-refractivity contribution in [2.45, 2.75) is 19.4 Å². The third-order valence-electron chi connectivity index (χ3n) is 3.74. The molecule has 0 aromatic heterocycles. The van der Waals surface area contributed by atoms with Crippen LogP contribution >= 0.6 is 12.4 Å². The number of hydrogen-bond acceptors (Lipinski definition) is 2. The normalized spacial score (nSPS) is 14.3. The first-order valence-electron chi connectivity index (χ1n) is 6.92. The van der Waals surface area contributed by atoms with Crippen molar-refractivity contribution in [2.24, 2.45) is 5.73 Å². The van der Waals surface area contributed by atoms with Gasteiger partial charge in [0.15, 0.2) is 0 Å². The number of carbonyl (C=O) groups excluding carboxylic acids is 1. The van der Waals surface area contributed by atoms with Gasteiger partial charge in [-0.1, -0.05) is 36.4 Å². The summed E-state index contributed by atoms with van der Waals surface area (Å²) in [6, 6.07) is 16.1. The van der Waals surface area contributed by atoms with E-state index in [-0.39, 0.29) is 18.3 Å². The Labute approximate surface area is 131 Å². The standard InChI is InChI=1S/C17H18N2O.ClH/c1-12(18)17(20)19-10-9-15-11-14(7-8-16(15)19)13-5-3-2-4-6-13;/h2-8,11-12H,9-10,18H2,1H3;1H/t12-;/m1./s1. The summed E-state index contributed by atoms with van der Waals surface area (Å²) in [7, 11) is 0. The first-order valence-corrected chi connectivity index (χ1v) is 6.92. The lowest BCUT2D eigenvalue weighted by Gasteiger charge is -2.19. The van der Waals surface area contributed by atoms with E-state index in [4.69, 9.17) is 5.73 Å². The molecule has 0 bridgehead atoms. The third kappa shape index (κ3) is 2.94. The van der Waals surface area contributed by atoms with Gasteiger partial charge in [0.2, 0.25) is 5.91 Å². The minimum Gasteiger partial charge on any atom is -0.320 e. The molecule has 3 rings (SSSR count). The van der Waals surface area contributed by atoms with Gasteiger partial charge in [0, 0.05) is 12.2 Å². The van der Waals surface area contributed by atoms with Crippen molar-refractivity contribution in [1.82, 2.24) is 0 Å². The van der Waals surface area contributed by atoms with Gasteiger partial charge in [-0.15, -0.1) is 12.4 Å². The Morgan fingerprint density at radius 1 is 1.14 bits per heavy atom. The molecule has 2 aromatic rings. The molecule has 1 aliphatic heterocycles. The van der Waals surface area contributed by atoms with E-state index in [0.29, 0.717) is 0 Å². The van der Waals surface area contributed by atoms with Crippen molar-refractivity contribution >= 4 is 24.0 Å². The number of nitrogens with two attached hydrogens (primary N) is 1. The van der Waals surface area contributed by atoms with Crippen LogP contribution in [0.5, 0.6) is 0 Å². The molecule has 0 radical (unpaired) electrons. The fraction of sp³-hybridized carbons (Fsp3) is 0.235. The smallest absolute Gasteiger partial charge is 0.243 e. The van der Waals surface area contributed by atoms with Crippen LogP contribution in [0.4, 0.5) is 5.69 Å². The van der Waals surface area contributed by atoms with Crippen molar-refractivity contribution in [3.63, 3.8) is 0 Å². The van der Waals surface area contributed by atoms with E-state index in [9.17, 15) is 4.79 Å². The van der Waals surface area contributed by atoms with Gasteiger partial charge in [-0.3, -0.25) is 4.79 Å². The van der Waals surface area contributed by atoms with Gasteiger partial charge in [-0.05, 0) is 42.2 Å². The second-order valence-corrected chi connectivity index (χ2v) is 5.24. The summed E-state index contributed by atoms with van der Waals surface area (Å²) >= 11 is 0. The van der Waals surface area contributed by atoms with Crippen LogP contribution in [0, 0.1) is 0 Å². The minimum absolute atomic E-state index is 0. The highest BCUT2D eigenvalue weighted by molar-refractivity contribution is 5.99. The molecule has 0 unspecified atom stereocenters. The SMILES string of the molecule is C[C@@H](N)C(=O)N1CCc2cc(-c3ccccc3)ccc21.Cl. The average molecular weight is 303 g/mol. The monoisotopic (exact) mass is 302 g/mol. The molecule has 1 amide bonds. The lowest BCUT2D eigenvalue weighted by atomic mass is 10.0. The number of benzene rings is 2. The van der Waals surface area contributed by atoms with Gasteiger partial charge >= 0.3 is 0 Å². The maximum Gasteiger partial charge on any atom is 0.243 e. The highest BCUT2D eigenvalue weighted by atomic mass is 35.5. The Morgan fingerprint density at radius 3 is 2.52 bits per heavy atom. The first kappa shape index (κ1) is 15.5. The molecule has 1 heterocycles. The number of fused-ring (bicyclic) bond motifs is 1. The van der Waals surface area contributed by atoms with Gasteiger partial charge in [0.1, 0.15) is 0 Å². The molecule has 21 heavy (non-hydrogen) atoms. The van der Waals surface area contributed by atoms with Crippen LogP contribution in [0.3, 0.4) is 0 Å². The van der Waals surface area contributed by atoms with Crippen molar-refractivity contribution in [3.05, 3.63) is 54.1 Å². The summed E-state index contributed by atoms with van der Waals surface area (Å²) in [6.07, 6.45) is 0.897. The minimum atomic E-state index is -0.449. The Balaban J connectivity index is 0.00000161. The number of amides is 1. The summed E-state index contributed by atoms with van der Waals surface area (Å²) < 4.78 is 0. The van der Waals surface area contributed by atoms with Crippen molar-refractivity contribution in [2.75, 3.05) is 11.4 Å². The van der Waals surface area contributed by atoms with Gasteiger partial charge in [-0.2, -0.15) is 0 Å². The molecule has 1 aliphatic rings. The predicted octanol–water partition coefficient (Wildman–Crippen LogP) is 3.01. The molecule has 0 saturated heterocycles. The van der Waals surface area contributed by atoms with Gasteiger partial charge in [0.25, 0.3) is 0 Å². The molecule has 0 aliphatic carbocycles. The maximum atomic E-state index is 12.1. The molecular weight excluding hydrogens is 284 g/mol. The third-order valence-corrected chi connectivity index (χ3v) is 3.74. The number of nitrogens with zero attached hydrogens (tertiary/aromatic N) is 1. The molecule has 0 fully saturated rings. The zero-order chi connectivity index (χ0) is 14.1. The Kier molecular flexibility index (Phi) is 4.66. The topological polar surface area (TPSA) is 46.3 Å². The average Bonchev–Trinajstić information content (AvgIpc) is 2.90. The Bertz CT molecular complexity index is 640. The number of rotatable bonds is 2. The van der Waals surface area contributed by atoms with Crippen LogP contribution < -0.4 is 10.6 Å². The molecule has 2 aromatic carbocycles. The van der Waals surface area contributed by atoms with Crippen molar-refractivity contribution < 1.29 is 4.79 Å². The lowest BCUT2D eigenvalue weighted by Crippen LogP contribution is -2.41. The summed E-state index contributed by atoms with van der Waals surface area (Å²) in [5.74, 6) is -0.00351. The lowest BCUT2D eigenvalue weighted by molar-refractivity contribution is -0.119. The number of halogens is 1. The second-order valence-electron chi connectivity index (χ2n) is 5.24. The zero-order valence-corrected chi connectivity index (χ0v) is 12.8. The van der Waals surface area contributed by atoms with E-state index in [1.807, 2.05) is 24.3 Å². The fourth-order valence-corrected chi connectivity index (χ4v) is 2.69. The molecule has 0 saturated carbocycles. The summed E-state index contributed by atoms with van der Waals surface area (Å²) in [5, 5.41) is 0. The fourth-order valence-electron chi connectivity index (χ4n) is 2.69. The molecule has 3 nitrogen and oxygen atoms in total. The number of hydrogen-bond donors (Lipinski definition) is 1. The summed E-state index contributed by atoms with van der Waals surface area (Å²) in [6.45, 7) is 2.46. The molecule has 4 heteroatoms. The summed E-state index contributed by atoms with van der Waals surface area (Å²) in [4.78, 5) is 13.9. The van der Waals surface area contributed by atoms with E-state index in [2.05, 4.69) is 24.3 Å². The predicted molar refractivity (Wildman–Crippen MR) is 88.8 cm³/mol. The van der Waals surface area contributed by atoms with E-state index in [1.54, 1.807) is 11.8 Å². The van der Waals surface area contributed by atoms with E-state index < -0.39 is 6.04 Å². The maximum absolute atomic E-state index is 12.1. The molecule has 0 spiro atoms. The van der Waals surface area contributed by atoms with Crippen LogP contribution in [-0.4, -0.2) is 18.5 Å². The van der Waals surface area contributed by atoms with Crippen LogP contribution in [-0.2, 0) is 11.2 Å². The largest absolute Gasteiger partial charge is 0.320 e. The van der Waals surface area contributed by atoms with Crippen LogP contribution in [0.15, 0.2) is 48.5 Å². The quantitative estimate of drug-likeness (QED) is 0.927. The first-order chi connectivity index (χ1) is 9.66. The van der Waals surface area contributed by atoms with Crippen molar-refractivity contribution in [1.29, 1.82) is 0 Å². The zero-order valence-electron chi connectivity index (χ0n) is 12.0. The van der Waals surface area contributed by atoms with Gasteiger partial charge in [-0.25, -0.2) is 0 Å². The van der Waals surface area contributed by atoms with E-state index in [0.717, 1.165) is 18.7 Å². The highest BCUT2D eigenvalue weighted by Gasteiger charge is 2.26. The van der Waals surface area contributed by atoms with Gasteiger partial charge in [0.05, 0.1) is 6.04 Å². The molecular formula is C17H19ClN2O. The molecule has 1 atom stereocenters. The van der Waals surface area contributed by atoms with Crippen LogP contribution in [0.25, 0.3) is 11.1 Å². The number of carbonyl (C=O) groups is 1. The van der Waals surface area contributed by atoms with Gasteiger partial charge < -0.3 is 10.6 Å². The van der Waals surface area contributed by atoms with Crippen molar-refractivity contribution in [3.8, 4) is 11.1 Å². The molecule has 110 valence electrons. The molecule has 2 N–H and O–H groups in total. The highest BCUT2D eigenvalue weighted by Crippen LogP contribution is 2.32. The number of anilines is 1. The summed E-state index contributed by atoms with van der Waals surface area (Å²) in [5.41, 5.74) is 10.3. The van der Waals surface area contributed by atoms with Crippen LogP contribution in [0.1, 0.15) is 12.5 Å². The Morgan fingerprint density at radius 2 is 1.86 bits per heavy atom.